The normalized spacial score (nSPS) is 37.4. The minimum atomic E-state index is -0.587. The number of hydrogen-bond donors (Lipinski definition) is 0. The standard InChI is InChI=1S/C22H28O4/c1-21(2)18-17(23)16(20(24)25-3)12-22(18)10-9-15(11-22)19(21)26-13-14-7-5-4-6-8-14/h4-8,15-16,18-19H,9-13H2,1-3H3/t15-,16+,18-,19?,22+/m0/s1. The van der Waals surface area contributed by atoms with Gasteiger partial charge in [-0.2, -0.15) is 0 Å². The van der Waals surface area contributed by atoms with Gasteiger partial charge in [0.25, 0.3) is 0 Å². The second-order valence-corrected chi connectivity index (χ2v) is 9.02. The third kappa shape index (κ3) is 2.53. The fourth-order valence-corrected chi connectivity index (χ4v) is 6.41. The van der Waals surface area contributed by atoms with Crippen molar-refractivity contribution >= 4 is 11.8 Å². The van der Waals surface area contributed by atoms with Crippen LogP contribution < -0.4 is 0 Å². The number of methoxy groups -OCH3 is 1. The van der Waals surface area contributed by atoms with E-state index < -0.39 is 5.92 Å². The van der Waals surface area contributed by atoms with E-state index in [1.165, 1.54) is 7.11 Å². The lowest BCUT2D eigenvalue weighted by molar-refractivity contribution is -0.156. The number of ketones is 1. The van der Waals surface area contributed by atoms with Gasteiger partial charge in [0, 0.05) is 11.3 Å². The van der Waals surface area contributed by atoms with Crippen LogP contribution in [0.2, 0.25) is 0 Å². The van der Waals surface area contributed by atoms with Crippen molar-refractivity contribution in [1.82, 2.24) is 0 Å². The number of ether oxygens (including phenoxy) is 2. The summed E-state index contributed by atoms with van der Waals surface area (Å²) in [4.78, 5) is 25.4. The van der Waals surface area contributed by atoms with Crippen molar-refractivity contribution in [2.24, 2.45) is 28.6 Å². The van der Waals surface area contributed by atoms with Crippen LogP contribution in [0.15, 0.2) is 30.3 Å². The Morgan fingerprint density at radius 3 is 2.62 bits per heavy atom. The Bertz CT molecular complexity index is 710. The topological polar surface area (TPSA) is 52.6 Å². The Balaban J connectivity index is 1.60. The van der Waals surface area contributed by atoms with Crippen LogP contribution in [0.1, 0.15) is 45.1 Å². The van der Waals surface area contributed by atoms with E-state index in [-0.39, 0.29) is 34.6 Å². The molecule has 0 radical (unpaired) electrons. The number of carbonyl (C=O) groups excluding carboxylic acids is 2. The van der Waals surface area contributed by atoms with Gasteiger partial charge < -0.3 is 9.47 Å². The minimum absolute atomic E-state index is 0.0310. The van der Waals surface area contributed by atoms with Crippen molar-refractivity contribution in [3.05, 3.63) is 35.9 Å². The maximum absolute atomic E-state index is 13.2. The first-order valence-corrected chi connectivity index (χ1v) is 9.66. The van der Waals surface area contributed by atoms with Crippen LogP contribution in [0.4, 0.5) is 0 Å². The van der Waals surface area contributed by atoms with E-state index in [9.17, 15) is 9.59 Å². The number of hydrogen-bond acceptors (Lipinski definition) is 4. The quantitative estimate of drug-likeness (QED) is 0.609. The van der Waals surface area contributed by atoms with Gasteiger partial charge in [0.05, 0.1) is 19.8 Å². The van der Waals surface area contributed by atoms with Gasteiger partial charge in [0.2, 0.25) is 0 Å². The van der Waals surface area contributed by atoms with Crippen LogP contribution in [0.25, 0.3) is 0 Å². The zero-order chi connectivity index (χ0) is 18.5. The SMILES string of the molecule is COC(=O)[C@@H]1C[C@@]23CC[C@@H](C2)C(OCc2ccccc2)C(C)(C)[C@@H]3C1=O. The maximum Gasteiger partial charge on any atom is 0.316 e. The molecule has 5 atom stereocenters. The van der Waals surface area contributed by atoms with Gasteiger partial charge in [-0.3, -0.25) is 9.59 Å². The lowest BCUT2D eigenvalue weighted by Crippen LogP contribution is -2.52. The van der Waals surface area contributed by atoms with Gasteiger partial charge >= 0.3 is 5.97 Å². The molecule has 0 heterocycles. The van der Waals surface area contributed by atoms with Crippen LogP contribution in [0.5, 0.6) is 0 Å². The predicted octanol–water partition coefficient (Wildman–Crippen LogP) is 3.78. The number of carbonyl (C=O) groups is 2. The molecule has 26 heavy (non-hydrogen) atoms. The van der Waals surface area contributed by atoms with Gasteiger partial charge in [-0.25, -0.2) is 0 Å². The summed E-state index contributed by atoms with van der Waals surface area (Å²) in [6.45, 7) is 4.90. The molecule has 2 bridgehead atoms. The predicted molar refractivity (Wildman–Crippen MR) is 97.2 cm³/mol. The largest absolute Gasteiger partial charge is 0.468 e. The number of esters is 1. The Kier molecular flexibility index (Phi) is 4.22. The first-order valence-electron chi connectivity index (χ1n) is 9.66. The van der Waals surface area contributed by atoms with E-state index in [0.29, 0.717) is 18.9 Å². The van der Waals surface area contributed by atoms with Crippen molar-refractivity contribution in [1.29, 1.82) is 0 Å². The monoisotopic (exact) mass is 356 g/mol. The van der Waals surface area contributed by atoms with Crippen molar-refractivity contribution in [3.63, 3.8) is 0 Å². The van der Waals surface area contributed by atoms with E-state index in [1.54, 1.807) is 0 Å². The Morgan fingerprint density at radius 1 is 1.19 bits per heavy atom. The number of rotatable bonds is 4. The average molecular weight is 356 g/mol. The van der Waals surface area contributed by atoms with Gasteiger partial charge in [0.1, 0.15) is 5.92 Å². The van der Waals surface area contributed by atoms with Crippen LogP contribution in [-0.2, 0) is 25.7 Å². The van der Waals surface area contributed by atoms with E-state index >= 15 is 0 Å². The lowest BCUT2D eigenvalue weighted by Gasteiger charge is -2.50. The van der Waals surface area contributed by atoms with Crippen LogP contribution in [0.3, 0.4) is 0 Å². The zero-order valence-electron chi connectivity index (χ0n) is 15.9. The van der Waals surface area contributed by atoms with Crippen LogP contribution in [-0.4, -0.2) is 25.0 Å². The molecule has 1 spiro atoms. The molecule has 3 fully saturated rings. The van der Waals surface area contributed by atoms with Crippen molar-refractivity contribution in [2.45, 2.75) is 52.2 Å². The molecule has 3 aliphatic rings. The molecule has 0 saturated heterocycles. The fourth-order valence-electron chi connectivity index (χ4n) is 6.41. The minimum Gasteiger partial charge on any atom is -0.468 e. The third-order valence-corrected chi connectivity index (χ3v) is 7.20. The molecule has 0 aromatic heterocycles. The summed E-state index contributed by atoms with van der Waals surface area (Å²) in [5, 5.41) is 0. The second-order valence-electron chi connectivity index (χ2n) is 9.02. The number of fused-ring (bicyclic) bond motifs is 1. The molecule has 3 saturated carbocycles. The molecular weight excluding hydrogens is 328 g/mol. The zero-order valence-corrected chi connectivity index (χ0v) is 15.9. The molecule has 4 heteroatoms. The molecular formula is C22H28O4. The molecule has 0 aliphatic heterocycles. The highest BCUT2D eigenvalue weighted by atomic mass is 16.5. The van der Waals surface area contributed by atoms with Crippen molar-refractivity contribution < 1.29 is 19.1 Å². The smallest absolute Gasteiger partial charge is 0.316 e. The maximum atomic E-state index is 13.2. The fraction of sp³-hybridized carbons (Fsp3) is 0.636. The first kappa shape index (κ1) is 17.7. The Hall–Kier alpha value is -1.68. The first-order chi connectivity index (χ1) is 12.4. The third-order valence-electron chi connectivity index (χ3n) is 7.20. The summed E-state index contributed by atoms with van der Waals surface area (Å²) in [5.41, 5.74) is 0.855. The van der Waals surface area contributed by atoms with E-state index in [0.717, 1.165) is 24.8 Å². The Labute approximate surface area is 155 Å². The van der Waals surface area contributed by atoms with Gasteiger partial charge in [0.15, 0.2) is 5.78 Å². The summed E-state index contributed by atoms with van der Waals surface area (Å²) >= 11 is 0. The average Bonchev–Trinajstić information content (AvgIpc) is 3.14. The summed E-state index contributed by atoms with van der Waals surface area (Å²) in [6, 6.07) is 10.2. The summed E-state index contributed by atoms with van der Waals surface area (Å²) in [5.74, 6) is -0.515. The molecule has 4 rings (SSSR count). The second kappa shape index (κ2) is 6.19. The van der Waals surface area contributed by atoms with Crippen LogP contribution in [0, 0.1) is 28.6 Å². The summed E-state index contributed by atoms with van der Waals surface area (Å²) < 4.78 is 11.3. The molecule has 3 aliphatic carbocycles. The van der Waals surface area contributed by atoms with E-state index in [1.807, 2.05) is 18.2 Å². The van der Waals surface area contributed by atoms with E-state index in [4.69, 9.17) is 9.47 Å². The van der Waals surface area contributed by atoms with Gasteiger partial charge in [-0.1, -0.05) is 44.2 Å². The molecule has 1 aromatic carbocycles. The van der Waals surface area contributed by atoms with E-state index in [2.05, 4.69) is 26.0 Å². The highest BCUT2D eigenvalue weighted by Crippen LogP contribution is 2.68. The van der Waals surface area contributed by atoms with Gasteiger partial charge in [-0.15, -0.1) is 0 Å². The number of benzene rings is 1. The highest BCUT2D eigenvalue weighted by molar-refractivity contribution is 6.03. The van der Waals surface area contributed by atoms with Gasteiger partial charge in [-0.05, 0) is 42.6 Å². The van der Waals surface area contributed by atoms with Crippen molar-refractivity contribution in [3.8, 4) is 0 Å². The molecule has 140 valence electrons. The number of Topliss-reactive ketones (excluding diaryl/α,β-unsaturated/α-hetero) is 1. The highest BCUT2D eigenvalue weighted by Gasteiger charge is 2.68. The molecule has 0 N–H and O–H groups in total. The Morgan fingerprint density at radius 2 is 1.92 bits per heavy atom. The van der Waals surface area contributed by atoms with Crippen LogP contribution >= 0.6 is 0 Å². The molecule has 1 aromatic rings. The summed E-state index contributed by atoms with van der Waals surface area (Å²) in [7, 11) is 1.38. The van der Waals surface area contributed by atoms with Crippen molar-refractivity contribution in [2.75, 3.05) is 7.11 Å². The summed E-state index contributed by atoms with van der Waals surface area (Å²) in [6.07, 6.45) is 3.81. The molecule has 1 unspecified atom stereocenters. The molecule has 4 nitrogen and oxygen atoms in total. The molecule has 0 amide bonds. The lowest BCUT2D eigenvalue weighted by atomic mass is 9.56.